The molecule has 3 rings (SSSR count). The van der Waals surface area contributed by atoms with E-state index in [1.54, 1.807) is 6.07 Å². The molecule has 0 saturated carbocycles. The second-order valence-corrected chi connectivity index (χ2v) is 5.82. The van der Waals surface area contributed by atoms with E-state index < -0.39 is 37.3 Å². The molecular formula is C15H21NO7. The van der Waals surface area contributed by atoms with E-state index in [1.165, 1.54) is 6.07 Å². The van der Waals surface area contributed by atoms with Crippen molar-refractivity contribution < 1.29 is 35.0 Å². The van der Waals surface area contributed by atoms with Crippen LogP contribution in [0.15, 0.2) is 12.1 Å². The van der Waals surface area contributed by atoms with Gasteiger partial charge in [0.1, 0.15) is 35.9 Å². The fraction of sp³-hybridized carbons (Fsp3) is 0.600. The van der Waals surface area contributed by atoms with Crippen LogP contribution >= 0.6 is 0 Å². The van der Waals surface area contributed by atoms with Gasteiger partial charge in [0, 0.05) is 18.2 Å². The molecule has 8 nitrogen and oxygen atoms in total. The lowest BCUT2D eigenvalue weighted by molar-refractivity contribution is -0.277. The predicted octanol–water partition coefficient (Wildman–Crippen LogP) is -1.78. The Balaban J connectivity index is 1.85. The highest BCUT2D eigenvalue weighted by molar-refractivity contribution is 5.47. The van der Waals surface area contributed by atoms with E-state index in [0.717, 1.165) is 24.1 Å². The van der Waals surface area contributed by atoms with Gasteiger partial charge in [0.15, 0.2) is 0 Å². The van der Waals surface area contributed by atoms with E-state index in [9.17, 15) is 25.5 Å². The van der Waals surface area contributed by atoms with Crippen LogP contribution in [0.2, 0.25) is 0 Å². The quantitative estimate of drug-likeness (QED) is 0.384. The van der Waals surface area contributed by atoms with Gasteiger partial charge in [0.2, 0.25) is 6.29 Å². The lowest BCUT2D eigenvalue weighted by Crippen LogP contribution is -2.60. The van der Waals surface area contributed by atoms with Gasteiger partial charge in [0.25, 0.3) is 0 Å². The molecule has 2 aliphatic heterocycles. The number of nitrogens with one attached hydrogen (secondary N) is 1. The molecule has 0 bridgehead atoms. The SMILES string of the molecule is OCC1O[C@@H](Oc2cc(O)cc3c2CNCC3)C(O)[C@@H](O)[C@@H]1O. The molecule has 23 heavy (non-hydrogen) atoms. The summed E-state index contributed by atoms with van der Waals surface area (Å²) in [5, 5.41) is 51.8. The van der Waals surface area contributed by atoms with Crippen molar-refractivity contribution in [2.45, 2.75) is 43.7 Å². The summed E-state index contributed by atoms with van der Waals surface area (Å²) in [7, 11) is 0. The summed E-state index contributed by atoms with van der Waals surface area (Å²) in [4.78, 5) is 0. The molecule has 2 heterocycles. The van der Waals surface area contributed by atoms with Crippen LogP contribution < -0.4 is 10.1 Å². The number of phenols is 1. The van der Waals surface area contributed by atoms with Crippen molar-refractivity contribution in [1.82, 2.24) is 5.32 Å². The number of aliphatic hydroxyl groups is 4. The first-order valence-electron chi connectivity index (χ1n) is 7.54. The summed E-state index contributed by atoms with van der Waals surface area (Å²) in [5.41, 5.74) is 1.77. The summed E-state index contributed by atoms with van der Waals surface area (Å²) in [6.45, 7) is 0.808. The minimum absolute atomic E-state index is 0.0326. The molecule has 0 aromatic heterocycles. The second kappa shape index (κ2) is 6.60. The Bertz CT molecular complexity index is 565. The van der Waals surface area contributed by atoms with Crippen LogP contribution in [0.1, 0.15) is 11.1 Å². The zero-order valence-corrected chi connectivity index (χ0v) is 12.4. The number of ether oxygens (including phenoxy) is 2. The summed E-state index contributed by atoms with van der Waals surface area (Å²) in [5.74, 6) is 0.363. The highest BCUT2D eigenvalue weighted by Gasteiger charge is 2.45. The number of benzene rings is 1. The Kier molecular flexibility index (Phi) is 4.72. The Labute approximate surface area is 132 Å². The monoisotopic (exact) mass is 327 g/mol. The molecule has 5 atom stereocenters. The highest BCUT2D eigenvalue weighted by Crippen LogP contribution is 2.33. The maximum absolute atomic E-state index is 10.0. The van der Waals surface area contributed by atoms with E-state index in [-0.39, 0.29) is 5.75 Å². The van der Waals surface area contributed by atoms with E-state index in [4.69, 9.17) is 9.47 Å². The lowest BCUT2D eigenvalue weighted by Gasteiger charge is -2.40. The van der Waals surface area contributed by atoms with Crippen LogP contribution in [-0.4, -0.2) is 69.4 Å². The fourth-order valence-electron chi connectivity index (χ4n) is 2.94. The molecule has 0 aliphatic carbocycles. The zero-order valence-electron chi connectivity index (χ0n) is 12.4. The van der Waals surface area contributed by atoms with Crippen molar-refractivity contribution in [3.05, 3.63) is 23.3 Å². The Morgan fingerprint density at radius 2 is 1.96 bits per heavy atom. The molecule has 0 spiro atoms. The van der Waals surface area contributed by atoms with Crippen LogP contribution in [0.4, 0.5) is 0 Å². The number of fused-ring (bicyclic) bond motifs is 1. The van der Waals surface area contributed by atoms with Crippen molar-refractivity contribution in [3.8, 4) is 11.5 Å². The zero-order chi connectivity index (χ0) is 16.6. The summed E-state index contributed by atoms with van der Waals surface area (Å²) >= 11 is 0. The third-order valence-corrected chi connectivity index (χ3v) is 4.25. The average Bonchev–Trinajstić information content (AvgIpc) is 2.55. The van der Waals surface area contributed by atoms with Gasteiger partial charge in [-0.1, -0.05) is 0 Å². The molecule has 0 radical (unpaired) electrons. The second-order valence-electron chi connectivity index (χ2n) is 5.82. The van der Waals surface area contributed by atoms with Crippen LogP contribution in [0.3, 0.4) is 0 Å². The maximum atomic E-state index is 10.0. The van der Waals surface area contributed by atoms with Crippen molar-refractivity contribution in [3.63, 3.8) is 0 Å². The van der Waals surface area contributed by atoms with Gasteiger partial charge < -0.3 is 40.3 Å². The van der Waals surface area contributed by atoms with Crippen LogP contribution in [-0.2, 0) is 17.7 Å². The van der Waals surface area contributed by atoms with Crippen molar-refractivity contribution in [2.24, 2.45) is 0 Å². The first kappa shape index (κ1) is 16.4. The Hall–Kier alpha value is -1.42. The maximum Gasteiger partial charge on any atom is 0.229 e. The topological polar surface area (TPSA) is 132 Å². The molecule has 8 heteroatoms. The molecule has 2 unspecified atom stereocenters. The molecule has 2 aliphatic rings. The Morgan fingerprint density at radius 1 is 1.17 bits per heavy atom. The first-order chi connectivity index (χ1) is 11.0. The van der Waals surface area contributed by atoms with Crippen LogP contribution in [0.25, 0.3) is 0 Å². The Morgan fingerprint density at radius 3 is 2.70 bits per heavy atom. The summed E-state index contributed by atoms with van der Waals surface area (Å²) in [6, 6.07) is 3.07. The summed E-state index contributed by atoms with van der Waals surface area (Å²) < 4.78 is 11.0. The van der Waals surface area contributed by atoms with Crippen molar-refractivity contribution in [2.75, 3.05) is 13.2 Å². The van der Waals surface area contributed by atoms with Crippen LogP contribution in [0, 0.1) is 0 Å². The lowest BCUT2D eigenvalue weighted by atomic mass is 9.98. The third-order valence-electron chi connectivity index (χ3n) is 4.25. The van der Waals surface area contributed by atoms with Gasteiger partial charge in [-0.15, -0.1) is 0 Å². The smallest absolute Gasteiger partial charge is 0.229 e. The van der Waals surface area contributed by atoms with Crippen molar-refractivity contribution in [1.29, 1.82) is 0 Å². The van der Waals surface area contributed by atoms with Gasteiger partial charge in [-0.2, -0.15) is 0 Å². The molecule has 1 aromatic carbocycles. The van der Waals surface area contributed by atoms with E-state index in [2.05, 4.69) is 5.32 Å². The third kappa shape index (κ3) is 3.14. The van der Waals surface area contributed by atoms with Gasteiger partial charge in [-0.25, -0.2) is 0 Å². The van der Waals surface area contributed by atoms with E-state index in [1.807, 2.05) is 0 Å². The van der Waals surface area contributed by atoms with Crippen LogP contribution in [0.5, 0.6) is 11.5 Å². The van der Waals surface area contributed by atoms with Gasteiger partial charge >= 0.3 is 0 Å². The molecule has 6 N–H and O–H groups in total. The fourth-order valence-corrected chi connectivity index (χ4v) is 2.94. The molecule has 0 amide bonds. The average molecular weight is 327 g/mol. The number of rotatable bonds is 3. The van der Waals surface area contributed by atoms with Gasteiger partial charge in [0.05, 0.1) is 6.61 Å². The van der Waals surface area contributed by atoms with Gasteiger partial charge in [-0.3, -0.25) is 0 Å². The number of phenolic OH excluding ortho intramolecular Hbond substituents is 1. The molecule has 128 valence electrons. The van der Waals surface area contributed by atoms with E-state index >= 15 is 0 Å². The standard InChI is InChI=1S/C15H21NO7/c17-6-11-12(19)13(20)14(21)15(23-11)22-10-4-8(18)3-7-1-2-16-5-9(7)10/h3-4,11-21H,1-2,5-6H2/t11?,12-,13+,14?,15-/m1/s1. The highest BCUT2D eigenvalue weighted by atomic mass is 16.7. The minimum atomic E-state index is -1.50. The molecule has 1 saturated heterocycles. The molecular weight excluding hydrogens is 306 g/mol. The minimum Gasteiger partial charge on any atom is -0.508 e. The van der Waals surface area contributed by atoms with Crippen molar-refractivity contribution >= 4 is 0 Å². The number of hydrogen-bond donors (Lipinski definition) is 6. The molecule has 1 fully saturated rings. The van der Waals surface area contributed by atoms with E-state index in [0.29, 0.717) is 12.3 Å². The predicted molar refractivity (Wildman–Crippen MR) is 77.9 cm³/mol. The largest absolute Gasteiger partial charge is 0.508 e. The number of aliphatic hydroxyl groups excluding tert-OH is 4. The van der Waals surface area contributed by atoms with Gasteiger partial charge in [-0.05, 0) is 24.6 Å². The molecule has 1 aromatic rings. The first-order valence-corrected chi connectivity index (χ1v) is 7.54. The number of hydrogen-bond acceptors (Lipinski definition) is 8. The number of aromatic hydroxyl groups is 1. The summed E-state index contributed by atoms with van der Waals surface area (Å²) in [6.07, 6.45) is -5.99. The normalized spacial score (nSPS) is 34.0.